The van der Waals surface area contributed by atoms with E-state index in [1.54, 1.807) is 0 Å². The molecule has 6 nitrogen and oxygen atoms in total. The second-order valence-corrected chi connectivity index (χ2v) is 15.0. The highest BCUT2D eigenvalue weighted by Crippen LogP contribution is 2.58. The van der Waals surface area contributed by atoms with E-state index in [0.29, 0.717) is 11.4 Å². The molecule has 0 aromatic heterocycles. The zero-order valence-electron chi connectivity index (χ0n) is 26.6. The molecule has 4 aromatic rings. The Bertz CT molecular complexity index is 2010. The van der Waals surface area contributed by atoms with Gasteiger partial charge in [-0.3, -0.25) is 29.0 Å². The lowest BCUT2D eigenvalue weighted by Gasteiger charge is -2.34. The Kier molecular flexibility index (Phi) is 5.30. The molecule has 2 saturated heterocycles. The largest absolute Gasteiger partial charge is 0.274 e. The second-order valence-electron chi connectivity index (χ2n) is 15.0. The molecule has 49 heavy (non-hydrogen) atoms. The number of rotatable bonds is 4. The summed E-state index contributed by atoms with van der Waals surface area (Å²) in [6.45, 7) is 0. The molecular formula is C43H32N2O4. The van der Waals surface area contributed by atoms with Crippen LogP contribution >= 0.6 is 0 Å². The quantitative estimate of drug-likeness (QED) is 0.162. The van der Waals surface area contributed by atoms with E-state index >= 15 is 0 Å². The molecule has 4 fully saturated rings. The normalized spacial score (nSPS) is 32.0. The number of allylic oxidation sites excluding steroid dienone is 4. The smallest absolute Gasteiger partial charge is 0.238 e. The fourth-order valence-corrected chi connectivity index (χ4v) is 11.1. The van der Waals surface area contributed by atoms with Gasteiger partial charge in [0.05, 0.1) is 40.5 Å². The number of nitrogens with zero attached hydrogens (tertiary/aromatic N) is 2. The molecule has 238 valence electrons. The first-order chi connectivity index (χ1) is 24.0. The first-order valence-corrected chi connectivity index (χ1v) is 17.5. The number of anilines is 2. The van der Waals surface area contributed by atoms with Gasteiger partial charge in [-0.2, -0.15) is 0 Å². The van der Waals surface area contributed by atoms with Gasteiger partial charge in [0.1, 0.15) is 0 Å². The Labute approximate surface area is 283 Å². The van der Waals surface area contributed by atoms with Crippen LogP contribution in [0.2, 0.25) is 0 Å². The van der Waals surface area contributed by atoms with Gasteiger partial charge in [-0.1, -0.05) is 97.1 Å². The monoisotopic (exact) mass is 640 g/mol. The molecule has 2 heterocycles. The number of hydrogen-bond donors (Lipinski definition) is 0. The highest BCUT2D eigenvalue weighted by atomic mass is 16.2. The van der Waals surface area contributed by atoms with E-state index in [4.69, 9.17) is 0 Å². The van der Waals surface area contributed by atoms with Gasteiger partial charge in [0.2, 0.25) is 23.6 Å². The van der Waals surface area contributed by atoms with Crippen LogP contribution in [-0.2, 0) is 24.6 Å². The molecule has 0 radical (unpaired) electrons. The van der Waals surface area contributed by atoms with E-state index in [9.17, 15) is 19.2 Å². The van der Waals surface area contributed by atoms with Crippen molar-refractivity contribution < 1.29 is 19.2 Å². The average Bonchev–Trinajstić information content (AvgIpc) is 4.00. The molecule has 5 aliphatic carbocycles. The minimum absolute atomic E-state index is 0.0830. The summed E-state index contributed by atoms with van der Waals surface area (Å²) in [5, 5.41) is 0. The van der Waals surface area contributed by atoms with Gasteiger partial charge >= 0.3 is 0 Å². The highest BCUT2D eigenvalue weighted by Gasteiger charge is 2.61. The summed E-state index contributed by atoms with van der Waals surface area (Å²) in [6.07, 6.45) is 10.3. The Hall–Kier alpha value is -5.36. The summed E-state index contributed by atoms with van der Waals surface area (Å²) in [7, 11) is 0. The van der Waals surface area contributed by atoms with Gasteiger partial charge in [0, 0.05) is 0 Å². The third-order valence-electron chi connectivity index (χ3n) is 13.0. The van der Waals surface area contributed by atoms with Crippen molar-refractivity contribution in [1.82, 2.24) is 0 Å². The van der Waals surface area contributed by atoms with Gasteiger partial charge < -0.3 is 0 Å². The number of hydrogen-bond acceptors (Lipinski definition) is 4. The summed E-state index contributed by atoms with van der Waals surface area (Å²) in [4.78, 5) is 57.4. The Morgan fingerprint density at radius 2 is 0.755 bits per heavy atom. The van der Waals surface area contributed by atoms with E-state index in [2.05, 4.69) is 97.1 Å². The van der Waals surface area contributed by atoms with Crippen LogP contribution in [0.25, 0.3) is 11.1 Å². The molecule has 11 rings (SSSR count). The van der Waals surface area contributed by atoms with Crippen LogP contribution in [0.3, 0.4) is 0 Å². The minimum atomic E-state index is -0.707. The van der Waals surface area contributed by atoms with E-state index in [0.717, 1.165) is 46.2 Å². The van der Waals surface area contributed by atoms with Gasteiger partial charge in [-0.05, 0) is 94.2 Å². The fourth-order valence-electron chi connectivity index (χ4n) is 11.1. The fraction of sp³-hybridized carbons (Fsp3) is 0.256. The molecule has 7 aliphatic rings. The molecule has 0 N–H and O–H groups in total. The van der Waals surface area contributed by atoms with Crippen LogP contribution < -0.4 is 9.80 Å². The third-order valence-corrected chi connectivity index (χ3v) is 13.0. The summed E-state index contributed by atoms with van der Waals surface area (Å²) in [5.41, 5.74) is 7.08. The maximum Gasteiger partial charge on any atom is 0.238 e. The Morgan fingerprint density at radius 1 is 0.429 bits per heavy atom. The first kappa shape index (κ1) is 27.6. The number of carbonyl (C=O) groups is 4. The lowest BCUT2D eigenvalue weighted by molar-refractivity contribution is -0.124. The maximum atomic E-state index is 13.6. The van der Waals surface area contributed by atoms with E-state index in [1.165, 1.54) is 9.80 Å². The topological polar surface area (TPSA) is 74.8 Å². The molecule has 8 unspecified atom stereocenters. The van der Waals surface area contributed by atoms with Gasteiger partial charge in [-0.25, -0.2) is 0 Å². The number of imide groups is 2. The number of amides is 4. The van der Waals surface area contributed by atoms with Crippen molar-refractivity contribution in [2.75, 3.05) is 9.80 Å². The molecular weight excluding hydrogens is 608 g/mol. The van der Waals surface area contributed by atoms with Gasteiger partial charge in [0.25, 0.3) is 0 Å². The van der Waals surface area contributed by atoms with Crippen molar-refractivity contribution in [3.63, 3.8) is 0 Å². The number of benzene rings is 4. The van der Waals surface area contributed by atoms with Crippen LogP contribution in [0.1, 0.15) is 35.1 Å². The van der Waals surface area contributed by atoms with Crippen molar-refractivity contribution >= 4 is 35.0 Å². The van der Waals surface area contributed by atoms with Crippen LogP contribution in [0.5, 0.6) is 0 Å². The SMILES string of the molecule is O=C1C2C3C=CC(C3)C2C(=O)N1c1ccc(C2(c3ccc(N4C(=O)C5C6C=CC(C6)C5C4=O)cc3)c3ccccc3-c3ccccc32)cc1. The molecule has 4 bridgehead atoms. The zero-order valence-corrected chi connectivity index (χ0v) is 26.6. The van der Waals surface area contributed by atoms with Crippen molar-refractivity contribution in [3.05, 3.63) is 144 Å². The third kappa shape index (κ3) is 3.28. The first-order valence-electron chi connectivity index (χ1n) is 17.5. The lowest BCUT2D eigenvalue weighted by atomic mass is 9.67. The summed E-state index contributed by atoms with van der Waals surface area (Å²) in [6, 6.07) is 32.8. The van der Waals surface area contributed by atoms with Crippen LogP contribution in [0.15, 0.2) is 121 Å². The average molecular weight is 641 g/mol. The van der Waals surface area contributed by atoms with Gasteiger partial charge in [-0.15, -0.1) is 0 Å². The van der Waals surface area contributed by atoms with Crippen LogP contribution in [-0.4, -0.2) is 23.6 Å². The highest BCUT2D eigenvalue weighted by molar-refractivity contribution is 6.23. The second kappa shape index (κ2) is 9.41. The summed E-state index contributed by atoms with van der Waals surface area (Å²) in [5.74, 6) is -0.695. The van der Waals surface area contributed by atoms with Gasteiger partial charge in [0.15, 0.2) is 0 Å². The molecule has 2 aliphatic heterocycles. The van der Waals surface area contributed by atoms with E-state index in [1.807, 2.05) is 24.3 Å². The number of fused-ring (bicyclic) bond motifs is 13. The maximum absolute atomic E-state index is 13.6. The summed E-state index contributed by atoms with van der Waals surface area (Å²) < 4.78 is 0. The molecule has 6 heteroatoms. The van der Waals surface area contributed by atoms with E-state index < -0.39 is 5.41 Å². The predicted molar refractivity (Wildman–Crippen MR) is 184 cm³/mol. The van der Waals surface area contributed by atoms with Crippen molar-refractivity contribution in [2.24, 2.45) is 47.3 Å². The number of carbonyl (C=O) groups excluding carboxylic acids is 4. The van der Waals surface area contributed by atoms with E-state index in [-0.39, 0.29) is 71.0 Å². The minimum Gasteiger partial charge on any atom is -0.274 e. The van der Waals surface area contributed by atoms with Crippen molar-refractivity contribution in [3.8, 4) is 11.1 Å². The standard InChI is InChI=1S/C43H32N2O4/c46-39-35-23-9-10-24(21-23)36(35)40(47)44(39)29-17-13-27(14-18-29)43(33-7-3-1-5-31(33)32-6-2-4-8-34(32)43)28-15-19-30(20-16-28)45-41(48)37-25-11-12-26(22-25)38(37)42(45)49/h1-20,23-26,35-38H,21-22H2. The predicted octanol–water partition coefficient (Wildman–Crippen LogP) is 6.67. The van der Waals surface area contributed by atoms with Crippen LogP contribution in [0.4, 0.5) is 11.4 Å². The van der Waals surface area contributed by atoms with Crippen molar-refractivity contribution in [1.29, 1.82) is 0 Å². The molecule has 4 aromatic carbocycles. The van der Waals surface area contributed by atoms with Crippen molar-refractivity contribution in [2.45, 2.75) is 18.3 Å². The molecule has 8 atom stereocenters. The molecule has 0 spiro atoms. The Balaban J connectivity index is 1.02. The lowest BCUT2D eigenvalue weighted by Crippen LogP contribution is -2.33. The molecule has 4 amide bonds. The van der Waals surface area contributed by atoms with Crippen LogP contribution in [0, 0.1) is 47.3 Å². The molecule has 2 saturated carbocycles. The summed E-state index contributed by atoms with van der Waals surface area (Å²) >= 11 is 0. The Morgan fingerprint density at radius 3 is 1.10 bits per heavy atom. The zero-order chi connectivity index (χ0) is 32.8.